The molecule has 1 aliphatic heterocycles. The molecule has 5 heteroatoms. The first-order chi connectivity index (χ1) is 8.89. The van der Waals surface area contributed by atoms with Crippen LogP contribution in [0.15, 0.2) is 0 Å². The second kappa shape index (κ2) is 6.64. The summed E-state index contributed by atoms with van der Waals surface area (Å²) in [5, 5.41) is 2.89. The molecule has 1 rings (SSSR count). The highest BCUT2D eigenvalue weighted by atomic mass is 32.2. The third kappa shape index (κ3) is 3.44. The van der Waals surface area contributed by atoms with Gasteiger partial charge in [0.05, 0.1) is 0 Å². The van der Waals surface area contributed by atoms with Gasteiger partial charge in [0.1, 0.15) is 11.6 Å². The van der Waals surface area contributed by atoms with Gasteiger partial charge < -0.3 is 10.2 Å². The van der Waals surface area contributed by atoms with Crippen molar-refractivity contribution in [3.63, 3.8) is 0 Å². The molecule has 0 aromatic carbocycles. The molecular weight excluding hydrogens is 260 g/mol. The topological polar surface area (TPSA) is 49.4 Å². The standard InChI is InChI=1S/C14H26N2O2S/c1-6-11-12(17)15-14(4,7-2)13(18)16(11)8-10(3)9-19-5/h10-11H,6-9H2,1-5H3,(H,15,17). The average Bonchev–Trinajstić information content (AvgIpc) is 2.36. The predicted molar refractivity (Wildman–Crippen MR) is 80.2 cm³/mol. The van der Waals surface area contributed by atoms with Crippen LogP contribution in [0.1, 0.15) is 40.5 Å². The van der Waals surface area contributed by atoms with Gasteiger partial charge in [0.15, 0.2) is 0 Å². The van der Waals surface area contributed by atoms with Gasteiger partial charge in [-0.1, -0.05) is 20.8 Å². The molecule has 3 unspecified atom stereocenters. The van der Waals surface area contributed by atoms with Crippen molar-refractivity contribution in [3.05, 3.63) is 0 Å². The lowest BCUT2D eigenvalue weighted by Gasteiger charge is -2.44. The van der Waals surface area contributed by atoms with E-state index in [-0.39, 0.29) is 17.9 Å². The Labute approximate surface area is 120 Å². The van der Waals surface area contributed by atoms with E-state index in [9.17, 15) is 9.59 Å². The summed E-state index contributed by atoms with van der Waals surface area (Å²) in [5.74, 6) is 1.46. The summed E-state index contributed by atoms with van der Waals surface area (Å²) in [7, 11) is 0. The van der Waals surface area contributed by atoms with E-state index in [1.807, 2.05) is 20.8 Å². The number of nitrogens with zero attached hydrogens (tertiary/aromatic N) is 1. The van der Waals surface area contributed by atoms with Crippen molar-refractivity contribution in [1.29, 1.82) is 0 Å². The number of carbonyl (C=O) groups excluding carboxylic acids is 2. The largest absolute Gasteiger partial charge is 0.340 e. The molecule has 0 radical (unpaired) electrons. The second-order valence-electron chi connectivity index (χ2n) is 5.62. The van der Waals surface area contributed by atoms with Crippen molar-refractivity contribution in [2.75, 3.05) is 18.6 Å². The zero-order valence-electron chi connectivity index (χ0n) is 12.7. The summed E-state index contributed by atoms with van der Waals surface area (Å²) in [6.07, 6.45) is 3.36. The molecule has 19 heavy (non-hydrogen) atoms. The number of amides is 2. The highest BCUT2D eigenvalue weighted by Crippen LogP contribution is 2.24. The van der Waals surface area contributed by atoms with Crippen molar-refractivity contribution < 1.29 is 9.59 Å². The number of hydrogen-bond acceptors (Lipinski definition) is 3. The van der Waals surface area contributed by atoms with Crippen molar-refractivity contribution in [3.8, 4) is 0 Å². The second-order valence-corrected chi connectivity index (χ2v) is 6.53. The van der Waals surface area contributed by atoms with E-state index >= 15 is 0 Å². The number of rotatable bonds is 6. The third-order valence-electron chi connectivity index (χ3n) is 3.86. The maximum atomic E-state index is 12.6. The zero-order chi connectivity index (χ0) is 14.6. The molecule has 0 aromatic heterocycles. The molecule has 1 saturated heterocycles. The van der Waals surface area contributed by atoms with E-state index in [1.54, 1.807) is 16.7 Å². The first kappa shape index (κ1) is 16.3. The summed E-state index contributed by atoms with van der Waals surface area (Å²) < 4.78 is 0. The van der Waals surface area contributed by atoms with Crippen molar-refractivity contribution in [2.24, 2.45) is 5.92 Å². The average molecular weight is 286 g/mol. The zero-order valence-corrected chi connectivity index (χ0v) is 13.5. The number of carbonyl (C=O) groups is 2. The Morgan fingerprint density at radius 3 is 2.53 bits per heavy atom. The van der Waals surface area contributed by atoms with Crippen LogP contribution in [0.5, 0.6) is 0 Å². The van der Waals surface area contributed by atoms with Gasteiger partial charge in [-0.15, -0.1) is 0 Å². The van der Waals surface area contributed by atoms with Gasteiger partial charge in [0.25, 0.3) is 0 Å². The maximum absolute atomic E-state index is 12.6. The van der Waals surface area contributed by atoms with Crippen molar-refractivity contribution in [1.82, 2.24) is 10.2 Å². The fourth-order valence-electron chi connectivity index (χ4n) is 2.54. The molecule has 1 heterocycles. The summed E-state index contributed by atoms with van der Waals surface area (Å²) in [4.78, 5) is 26.6. The fourth-order valence-corrected chi connectivity index (χ4v) is 3.21. The molecule has 3 atom stereocenters. The molecule has 1 N–H and O–H groups in total. The number of hydrogen-bond donors (Lipinski definition) is 1. The Bertz CT molecular complexity index is 348. The van der Waals surface area contributed by atoms with Crippen LogP contribution in [-0.4, -0.2) is 46.8 Å². The Balaban J connectivity index is 2.93. The highest BCUT2D eigenvalue weighted by Gasteiger charge is 2.46. The third-order valence-corrected chi connectivity index (χ3v) is 4.77. The summed E-state index contributed by atoms with van der Waals surface area (Å²) in [5.41, 5.74) is -0.734. The minimum atomic E-state index is -0.734. The maximum Gasteiger partial charge on any atom is 0.248 e. The number of piperazine rings is 1. The van der Waals surface area contributed by atoms with E-state index in [2.05, 4.69) is 18.5 Å². The lowest BCUT2D eigenvalue weighted by molar-refractivity contribution is -0.155. The fraction of sp³-hybridized carbons (Fsp3) is 0.857. The van der Waals surface area contributed by atoms with Crippen molar-refractivity contribution in [2.45, 2.75) is 52.1 Å². The Hall–Kier alpha value is -0.710. The first-order valence-electron chi connectivity index (χ1n) is 7.01. The molecule has 0 aliphatic carbocycles. The van der Waals surface area contributed by atoms with Crippen LogP contribution in [0.4, 0.5) is 0 Å². The summed E-state index contributed by atoms with van der Waals surface area (Å²) >= 11 is 1.78. The van der Waals surface area contributed by atoms with Crippen molar-refractivity contribution >= 4 is 23.6 Å². The summed E-state index contributed by atoms with van der Waals surface area (Å²) in [6.45, 7) is 8.52. The van der Waals surface area contributed by atoms with E-state index in [0.717, 1.165) is 5.75 Å². The van der Waals surface area contributed by atoms with Gasteiger partial charge in [-0.05, 0) is 37.7 Å². The van der Waals surface area contributed by atoms with Crippen LogP contribution in [0, 0.1) is 5.92 Å². The van der Waals surface area contributed by atoms with Gasteiger partial charge in [-0.25, -0.2) is 0 Å². The smallest absolute Gasteiger partial charge is 0.248 e. The number of thioether (sulfide) groups is 1. The Kier molecular flexibility index (Phi) is 5.71. The van der Waals surface area contributed by atoms with Gasteiger partial charge in [-0.2, -0.15) is 11.8 Å². The molecule has 0 spiro atoms. The molecule has 0 bridgehead atoms. The van der Waals surface area contributed by atoms with E-state index in [1.165, 1.54) is 0 Å². The van der Waals surface area contributed by atoms with Crippen LogP contribution in [-0.2, 0) is 9.59 Å². The van der Waals surface area contributed by atoms with Crippen LogP contribution < -0.4 is 5.32 Å². The quantitative estimate of drug-likeness (QED) is 0.811. The molecule has 0 aromatic rings. The first-order valence-corrected chi connectivity index (χ1v) is 8.41. The molecule has 1 fully saturated rings. The minimum absolute atomic E-state index is 0.0113. The van der Waals surface area contributed by atoms with Crippen LogP contribution in [0.25, 0.3) is 0 Å². The van der Waals surface area contributed by atoms with Gasteiger partial charge in [0.2, 0.25) is 11.8 Å². The van der Waals surface area contributed by atoms with E-state index in [4.69, 9.17) is 0 Å². The lowest BCUT2D eigenvalue weighted by atomic mass is 9.90. The van der Waals surface area contributed by atoms with E-state index < -0.39 is 5.54 Å². The van der Waals surface area contributed by atoms with Gasteiger partial charge >= 0.3 is 0 Å². The summed E-state index contributed by atoms with van der Waals surface area (Å²) in [6, 6.07) is -0.309. The molecule has 2 amide bonds. The van der Waals surface area contributed by atoms with E-state index in [0.29, 0.717) is 25.3 Å². The van der Waals surface area contributed by atoms with Crippen LogP contribution in [0.3, 0.4) is 0 Å². The van der Waals surface area contributed by atoms with Crippen LogP contribution in [0.2, 0.25) is 0 Å². The molecule has 0 saturated carbocycles. The molecule has 4 nitrogen and oxygen atoms in total. The predicted octanol–water partition coefficient (Wildman–Crippen LogP) is 1.89. The van der Waals surface area contributed by atoms with Crippen LogP contribution >= 0.6 is 11.8 Å². The van der Waals surface area contributed by atoms with Gasteiger partial charge in [0, 0.05) is 6.54 Å². The molecule has 1 aliphatic rings. The minimum Gasteiger partial charge on any atom is -0.340 e. The monoisotopic (exact) mass is 286 g/mol. The normalized spacial score (nSPS) is 29.3. The Morgan fingerprint density at radius 1 is 1.42 bits per heavy atom. The lowest BCUT2D eigenvalue weighted by Crippen LogP contribution is -2.69. The Morgan fingerprint density at radius 2 is 2.05 bits per heavy atom. The molecular formula is C14H26N2O2S. The molecule has 110 valence electrons. The number of nitrogens with one attached hydrogen (secondary N) is 1. The SMILES string of the molecule is CCC1C(=O)NC(C)(CC)C(=O)N1CC(C)CSC. The van der Waals surface area contributed by atoms with Gasteiger partial charge in [-0.3, -0.25) is 9.59 Å². The highest BCUT2D eigenvalue weighted by molar-refractivity contribution is 7.98.